The summed E-state index contributed by atoms with van der Waals surface area (Å²) in [6, 6.07) is 11.7. The minimum absolute atomic E-state index is 0.109. The predicted molar refractivity (Wildman–Crippen MR) is 202 cm³/mol. The molecule has 0 saturated heterocycles. The highest BCUT2D eigenvalue weighted by atomic mass is 19.1. The van der Waals surface area contributed by atoms with Crippen LogP contribution < -0.4 is 21.3 Å². The molecular formula is C41H51F2N5O8. The van der Waals surface area contributed by atoms with E-state index in [1.165, 1.54) is 45.7 Å². The summed E-state index contributed by atoms with van der Waals surface area (Å²) in [5.41, 5.74) is 1.52. The van der Waals surface area contributed by atoms with E-state index in [1.807, 2.05) is 30.3 Å². The van der Waals surface area contributed by atoms with Gasteiger partial charge in [0, 0.05) is 31.3 Å². The quantitative estimate of drug-likeness (QED) is 0.155. The number of hydrogen-bond acceptors (Lipinski definition) is 9. The van der Waals surface area contributed by atoms with E-state index in [1.54, 1.807) is 26.0 Å². The minimum atomic E-state index is -1.07. The van der Waals surface area contributed by atoms with Crippen molar-refractivity contribution in [2.45, 2.75) is 96.3 Å². The van der Waals surface area contributed by atoms with E-state index >= 15 is 0 Å². The van der Waals surface area contributed by atoms with Gasteiger partial charge < -0.3 is 30.7 Å². The Bertz CT molecular complexity index is 1740. The van der Waals surface area contributed by atoms with Gasteiger partial charge in [-0.15, -0.1) is 0 Å². The smallest absolute Gasteiger partial charge is 0.333 e. The molecule has 302 valence electrons. The summed E-state index contributed by atoms with van der Waals surface area (Å²) in [4.78, 5) is 77.3. The lowest BCUT2D eigenvalue weighted by atomic mass is 9.87. The average molecular weight is 780 g/mol. The molecule has 0 aliphatic heterocycles. The maximum atomic E-state index is 13.2. The number of pyridine rings is 1. The van der Waals surface area contributed by atoms with E-state index in [0.29, 0.717) is 30.4 Å². The zero-order chi connectivity index (χ0) is 41.0. The minimum Gasteiger partial charge on any atom is -0.467 e. The lowest BCUT2D eigenvalue weighted by Gasteiger charge is -2.23. The fraction of sp³-hybridized carbons (Fsp3) is 0.439. The van der Waals surface area contributed by atoms with Crippen LogP contribution in [-0.4, -0.2) is 72.4 Å². The van der Waals surface area contributed by atoms with Crippen molar-refractivity contribution in [1.29, 1.82) is 0 Å². The second-order valence-electron chi connectivity index (χ2n) is 13.5. The van der Waals surface area contributed by atoms with Gasteiger partial charge in [-0.05, 0) is 80.5 Å². The van der Waals surface area contributed by atoms with Gasteiger partial charge in [0.2, 0.25) is 23.6 Å². The van der Waals surface area contributed by atoms with E-state index in [2.05, 4.69) is 26.3 Å². The summed E-state index contributed by atoms with van der Waals surface area (Å²) < 4.78 is 36.3. The van der Waals surface area contributed by atoms with E-state index in [9.17, 15) is 37.5 Å². The first-order valence-electron chi connectivity index (χ1n) is 18.6. The molecule has 1 aromatic heterocycles. The number of hydrogen-bond donors (Lipinski definition) is 4. The van der Waals surface area contributed by atoms with Crippen molar-refractivity contribution in [2.75, 3.05) is 13.7 Å². The van der Waals surface area contributed by atoms with Crippen molar-refractivity contribution < 1.29 is 47.0 Å². The summed E-state index contributed by atoms with van der Waals surface area (Å²) in [6.07, 6.45) is 9.18. The zero-order valence-corrected chi connectivity index (χ0v) is 32.1. The summed E-state index contributed by atoms with van der Waals surface area (Å²) in [6.45, 7) is 4.83. The lowest BCUT2D eigenvalue weighted by molar-refractivity contribution is -0.148. The van der Waals surface area contributed by atoms with Crippen LogP contribution in [-0.2, 0) is 51.1 Å². The van der Waals surface area contributed by atoms with E-state index in [4.69, 9.17) is 9.47 Å². The normalized spacial score (nSPS) is 14.6. The Morgan fingerprint density at radius 2 is 1.34 bits per heavy atom. The summed E-state index contributed by atoms with van der Waals surface area (Å²) >= 11 is 0. The van der Waals surface area contributed by atoms with Gasteiger partial charge in [-0.25, -0.2) is 18.4 Å². The monoisotopic (exact) mass is 779 g/mol. The topological polar surface area (TPSA) is 182 Å². The first kappa shape index (κ1) is 44.7. The number of esters is 2. The maximum Gasteiger partial charge on any atom is 0.333 e. The summed E-state index contributed by atoms with van der Waals surface area (Å²) in [7, 11) is 1.29. The fourth-order valence-electron chi connectivity index (χ4n) is 6.09. The number of rotatable bonds is 16. The first-order valence-corrected chi connectivity index (χ1v) is 18.6. The number of aromatic nitrogens is 1. The number of carbonyl (C=O) groups excluding carboxylic acids is 6. The largest absolute Gasteiger partial charge is 0.467 e. The first-order chi connectivity index (χ1) is 26.8. The van der Waals surface area contributed by atoms with Crippen LogP contribution >= 0.6 is 0 Å². The van der Waals surface area contributed by atoms with Crippen LogP contribution in [0.4, 0.5) is 8.78 Å². The van der Waals surface area contributed by atoms with Crippen molar-refractivity contribution in [2.24, 2.45) is 5.92 Å². The molecule has 1 aliphatic rings. The van der Waals surface area contributed by atoms with Crippen LogP contribution in [0.25, 0.3) is 0 Å². The second-order valence-corrected chi connectivity index (χ2v) is 13.5. The Morgan fingerprint density at radius 3 is 1.93 bits per heavy atom. The average Bonchev–Trinajstić information content (AvgIpc) is 3.17. The van der Waals surface area contributed by atoms with Crippen molar-refractivity contribution >= 4 is 35.6 Å². The number of ether oxygens (including phenoxy) is 2. The van der Waals surface area contributed by atoms with Crippen molar-refractivity contribution in [3.8, 4) is 0 Å². The number of benzene rings is 2. The maximum absolute atomic E-state index is 13.2. The number of nitrogens with zero attached hydrogens (tertiary/aromatic N) is 1. The van der Waals surface area contributed by atoms with Gasteiger partial charge in [0.1, 0.15) is 29.8 Å². The predicted octanol–water partition coefficient (Wildman–Crippen LogP) is 4.19. The van der Waals surface area contributed by atoms with Crippen LogP contribution in [0.5, 0.6) is 0 Å². The van der Waals surface area contributed by atoms with Crippen molar-refractivity contribution in [3.05, 3.63) is 101 Å². The van der Waals surface area contributed by atoms with Gasteiger partial charge in [-0.3, -0.25) is 24.2 Å². The molecule has 0 bridgehead atoms. The molecule has 13 nitrogen and oxygen atoms in total. The molecule has 1 heterocycles. The van der Waals surface area contributed by atoms with Crippen LogP contribution in [0.1, 0.15) is 82.0 Å². The van der Waals surface area contributed by atoms with Gasteiger partial charge in [0.15, 0.2) is 6.04 Å². The SMILES string of the molecule is CCOC(=O)C(NC(=O)[C@H](C)NC(=O)Cc1cc(F)cc(F)c1)c1ccncc1.COC(=O)[C@H](Cc1ccccc1)NC(=O)[C@H](C)NC(=O)CC1CCCCC1. The Hall–Kier alpha value is -5.73. The molecule has 0 radical (unpaired) electrons. The summed E-state index contributed by atoms with van der Waals surface area (Å²) in [5.74, 6) is -4.07. The third-order valence-corrected chi connectivity index (χ3v) is 8.96. The van der Waals surface area contributed by atoms with Gasteiger partial charge in [-0.1, -0.05) is 49.6 Å². The molecular weight excluding hydrogens is 728 g/mol. The molecule has 1 fully saturated rings. The molecule has 3 aromatic rings. The number of nitrogens with one attached hydrogen (secondary N) is 4. The molecule has 0 spiro atoms. The zero-order valence-electron chi connectivity index (χ0n) is 32.1. The van der Waals surface area contributed by atoms with Gasteiger partial charge >= 0.3 is 11.9 Å². The number of halogens is 2. The van der Waals surface area contributed by atoms with Crippen LogP contribution in [0.2, 0.25) is 0 Å². The third-order valence-electron chi connectivity index (χ3n) is 8.96. The lowest BCUT2D eigenvalue weighted by Crippen LogP contribution is -2.51. The Kier molecular flexibility index (Phi) is 18.5. The second kappa shape index (κ2) is 23.2. The molecule has 4 amide bonds. The van der Waals surface area contributed by atoms with Crippen molar-refractivity contribution in [1.82, 2.24) is 26.3 Å². The molecule has 2 aromatic carbocycles. The molecule has 1 unspecified atom stereocenters. The molecule has 4 rings (SSSR count). The van der Waals surface area contributed by atoms with Crippen LogP contribution in [0, 0.1) is 17.6 Å². The van der Waals surface area contributed by atoms with Crippen molar-refractivity contribution in [3.63, 3.8) is 0 Å². The Balaban J connectivity index is 0.000000301. The highest BCUT2D eigenvalue weighted by Crippen LogP contribution is 2.26. The fourth-order valence-corrected chi connectivity index (χ4v) is 6.09. The Labute approximate surface area is 325 Å². The highest BCUT2D eigenvalue weighted by molar-refractivity contribution is 5.92. The molecule has 4 N–H and O–H groups in total. The Morgan fingerprint density at radius 1 is 0.750 bits per heavy atom. The number of carbonyl (C=O) groups is 6. The van der Waals surface area contributed by atoms with E-state index in [0.717, 1.165) is 30.5 Å². The highest BCUT2D eigenvalue weighted by Gasteiger charge is 2.28. The molecule has 56 heavy (non-hydrogen) atoms. The molecule has 4 atom stereocenters. The van der Waals surface area contributed by atoms with E-state index < -0.39 is 65.5 Å². The van der Waals surface area contributed by atoms with Crippen LogP contribution in [0.15, 0.2) is 73.1 Å². The molecule has 1 saturated carbocycles. The van der Waals surface area contributed by atoms with Gasteiger partial charge in [0.05, 0.1) is 20.1 Å². The number of amides is 4. The molecule has 1 aliphatic carbocycles. The standard InChI is InChI=1S/C21H30N2O4.C20H21F2N3O4/c1-15(22-19(24)14-17-11-7-4-8-12-17)20(25)23-18(21(26)27-2)13-16-9-5-3-6-10-16;1-3-29-20(28)18(14-4-6-23-7-5-14)25-19(27)12(2)24-17(26)10-13-8-15(21)11-16(22)9-13/h3,5-6,9-10,15,17-18H,4,7-8,11-14H2,1-2H3,(H,22,24)(H,23,25);4-9,11-12,18H,3,10H2,1-2H3,(H,24,26)(H,25,27)/t15-,18-;12-,18?/m00/s1. The van der Waals surface area contributed by atoms with Crippen LogP contribution in [0.3, 0.4) is 0 Å². The van der Waals surface area contributed by atoms with Gasteiger partial charge in [0.25, 0.3) is 0 Å². The number of methoxy groups -OCH3 is 1. The van der Waals surface area contributed by atoms with E-state index in [-0.39, 0.29) is 24.5 Å². The third kappa shape index (κ3) is 15.6. The molecule has 15 heteroatoms. The summed E-state index contributed by atoms with van der Waals surface area (Å²) in [5, 5.41) is 10.4. The van der Waals surface area contributed by atoms with Gasteiger partial charge in [-0.2, -0.15) is 0 Å².